The van der Waals surface area contributed by atoms with E-state index in [9.17, 15) is 9.59 Å². The average molecular weight is 341 g/mol. The summed E-state index contributed by atoms with van der Waals surface area (Å²) in [5.41, 5.74) is 1.31. The van der Waals surface area contributed by atoms with Crippen LogP contribution in [-0.2, 0) is 0 Å². The molecule has 1 aromatic heterocycles. The Morgan fingerprint density at radius 3 is 2.16 bits per heavy atom. The molecule has 6 nitrogen and oxygen atoms in total. The summed E-state index contributed by atoms with van der Waals surface area (Å²) in [6.07, 6.45) is 4.22. The monoisotopic (exact) mass is 341 g/mol. The molecule has 0 aliphatic carbocycles. The second-order valence-electron chi connectivity index (χ2n) is 6.00. The Morgan fingerprint density at radius 1 is 0.960 bits per heavy atom. The number of nitrogens with one attached hydrogen (secondary N) is 1. The van der Waals surface area contributed by atoms with Crippen LogP contribution in [0.1, 0.15) is 34.1 Å². The van der Waals surface area contributed by atoms with Crippen molar-refractivity contribution in [3.8, 4) is 5.75 Å². The fraction of sp³-hybridized carbons (Fsp3) is 0.368. The van der Waals surface area contributed by atoms with Gasteiger partial charge in [-0.05, 0) is 43.7 Å². The Bertz CT molecular complexity index is 710. The number of hydrogen-bond donors (Lipinski definition) is 1. The third-order valence-corrected chi connectivity index (χ3v) is 4.33. The van der Waals surface area contributed by atoms with Gasteiger partial charge in [-0.25, -0.2) is 0 Å². The number of amides is 2. The van der Waals surface area contributed by atoms with Gasteiger partial charge >= 0.3 is 0 Å². The van der Waals surface area contributed by atoms with Gasteiger partial charge in [-0.15, -0.1) is 0 Å². The van der Waals surface area contributed by atoms with E-state index in [0.29, 0.717) is 43.9 Å². The fourth-order valence-corrected chi connectivity index (χ4v) is 3.01. The summed E-state index contributed by atoms with van der Waals surface area (Å²) in [7, 11) is 0. The number of carbonyl (C=O) groups is 2. The highest BCUT2D eigenvalue weighted by atomic mass is 16.5. The molecule has 0 saturated carbocycles. The molecule has 2 amide bonds. The largest absolute Gasteiger partial charge is 0.494 e. The van der Waals surface area contributed by atoms with Crippen LogP contribution in [0.15, 0.2) is 42.7 Å². The zero-order chi connectivity index (χ0) is 17.6. The molecule has 0 atom stereocenters. The van der Waals surface area contributed by atoms with Crippen LogP contribution in [0.3, 0.4) is 0 Å². The Morgan fingerprint density at radius 2 is 1.60 bits per heavy atom. The lowest BCUT2D eigenvalue weighted by molar-refractivity contribution is 0.0719. The third-order valence-electron chi connectivity index (χ3n) is 4.33. The zero-order valence-electron chi connectivity index (χ0n) is 14.4. The fourth-order valence-electron chi connectivity index (χ4n) is 3.01. The van der Waals surface area contributed by atoms with Crippen LogP contribution in [0.25, 0.3) is 0 Å². The van der Waals surface area contributed by atoms with Crippen LogP contribution >= 0.6 is 0 Å². The summed E-state index contributed by atoms with van der Waals surface area (Å²) in [6.45, 7) is 4.94. The lowest BCUT2D eigenvalue weighted by Gasteiger charge is -2.22. The first-order valence-electron chi connectivity index (χ1n) is 8.63. The lowest BCUT2D eigenvalue weighted by Crippen LogP contribution is -2.37. The smallest absolute Gasteiger partial charge is 0.255 e. The van der Waals surface area contributed by atoms with Crippen molar-refractivity contribution in [1.29, 1.82) is 0 Å². The molecule has 0 bridgehead atoms. The summed E-state index contributed by atoms with van der Waals surface area (Å²) in [4.78, 5) is 31.7. The Kier molecular flexibility index (Phi) is 5.38. The molecule has 1 saturated heterocycles. The van der Waals surface area contributed by atoms with Crippen molar-refractivity contribution in [3.05, 3.63) is 53.9 Å². The van der Waals surface area contributed by atoms with Gasteiger partial charge in [0.05, 0.1) is 12.2 Å². The van der Waals surface area contributed by atoms with Gasteiger partial charge in [0.15, 0.2) is 0 Å². The maximum Gasteiger partial charge on any atom is 0.255 e. The van der Waals surface area contributed by atoms with Crippen molar-refractivity contribution in [3.63, 3.8) is 0 Å². The van der Waals surface area contributed by atoms with Crippen LogP contribution in [0, 0.1) is 0 Å². The predicted octanol–water partition coefficient (Wildman–Crippen LogP) is 2.40. The molecule has 1 N–H and O–H groups in total. The van der Waals surface area contributed by atoms with Gasteiger partial charge in [0, 0.05) is 44.1 Å². The molecule has 6 heteroatoms. The van der Waals surface area contributed by atoms with Gasteiger partial charge in [0.2, 0.25) is 0 Å². The molecule has 132 valence electrons. The summed E-state index contributed by atoms with van der Waals surface area (Å²) in [6, 6.07) is 8.99. The van der Waals surface area contributed by atoms with Gasteiger partial charge in [-0.1, -0.05) is 0 Å². The van der Waals surface area contributed by atoms with Crippen molar-refractivity contribution in [2.24, 2.45) is 0 Å². The van der Waals surface area contributed by atoms with Crippen molar-refractivity contribution in [2.45, 2.75) is 13.3 Å². The van der Waals surface area contributed by atoms with Crippen LogP contribution in [0.5, 0.6) is 5.75 Å². The quantitative estimate of drug-likeness (QED) is 0.929. The maximum absolute atomic E-state index is 12.7. The molecule has 2 aromatic rings. The summed E-state index contributed by atoms with van der Waals surface area (Å²) in [5, 5.41) is 0. The van der Waals surface area contributed by atoms with Crippen molar-refractivity contribution < 1.29 is 14.3 Å². The van der Waals surface area contributed by atoms with Gasteiger partial charge in [0.25, 0.3) is 11.8 Å². The number of aromatic amines is 1. The van der Waals surface area contributed by atoms with Crippen LogP contribution in [0.2, 0.25) is 0 Å². The molecule has 1 fully saturated rings. The van der Waals surface area contributed by atoms with E-state index in [2.05, 4.69) is 4.98 Å². The van der Waals surface area contributed by atoms with Crippen molar-refractivity contribution in [2.75, 3.05) is 32.8 Å². The van der Waals surface area contributed by atoms with E-state index in [4.69, 9.17) is 4.74 Å². The molecule has 2 heterocycles. The zero-order valence-corrected chi connectivity index (χ0v) is 14.4. The van der Waals surface area contributed by atoms with E-state index < -0.39 is 0 Å². The number of ether oxygens (including phenoxy) is 1. The topological polar surface area (TPSA) is 65.6 Å². The summed E-state index contributed by atoms with van der Waals surface area (Å²) in [5.74, 6) is 0.772. The van der Waals surface area contributed by atoms with E-state index in [0.717, 1.165) is 12.2 Å². The molecular formula is C19H23N3O3. The minimum absolute atomic E-state index is 0.000933. The van der Waals surface area contributed by atoms with Crippen LogP contribution in [0.4, 0.5) is 0 Å². The second-order valence-corrected chi connectivity index (χ2v) is 6.00. The molecule has 0 unspecified atom stereocenters. The first kappa shape index (κ1) is 17.1. The highest BCUT2D eigenvalue weighted by Gasteiger charge is 2.23. The van der Waals surface area contributed by atoms with E-state index in [1.807, 2.05) is 28.9 Å². The minimum Gasteiger partial charge on any atom is -0.494 e. The average Bonchev–Trinajstić information content (AvgIpc) is 3.06. The first-order valence-corrected chi connectivity index (χ1v) is 8.63. The number of carbonyl (C=O) groups excluding carboxylic acids is 2. The van der Waals surface area contributed by atoms with Gasteiger partial charge in [-0.3, -0.25) is 9.59 Å². The summed E-state index contributed by atoms with van der Waals surface area (Å²) >= 11 is 0. The molecular weight excluding hydrogens is 318 g/mol. The Balaban J connectivity index is 1.62. The molecule has 0 radical (unpaired) electrons. The molecule has 25 heavy (non-hydrogen) atoms. The van der Waals surface area contributed by atoms with Crippen LogP contribution in [-0.4, -0.2) is 59.4 Å². The lowest BCUT2D eigenvalue weighted by atomic mass is 10.2. The number of benzene rings is 1. The van der Waals surface area contributed by atoms with E-state index in [1.54, 1.807) is 30.6 Å². The number of rotatable bonds is 4. The number of nitrogens with zero attached hydrogens (tertiary/aromatic N) is 2. The Labute approximate surface area is 147 Å². The maximum atomic E-state index is 12.7. The third kappa shape index (κ3) is 4.02. The number of hydrogen-bond acceptors (Lipinski definition) is 3. The second kappa shape index (κ2) is 7.88. The number of H-pyrrole nitrogens is 1. The molecule has 1 aliphatic heterocycles. The van der Waals surface area contributed by atoms with Gasteiger partial charge < -0.3 is 19.5 Å². The van der Waals surface area contributed by atoms with E-state index >= 15 is 0 Å². The molecule has 1 aromatic carbocycles. The van der Waals surface area contributed by atoms with Gasteiger partial charge in [0.1, 0.15) is 5.75 Å². The number of aromatic nitrogens is 1. The normalized spacial score (nSPS) is 14.9. The van der Waals surface area contributed by atoms with Crippen molar-refractivity contribution in [1.82, 2.24) is 14.8 Å². The minimum atomic E-state index is -0.000933. The van der Waals surface area contributed by atoms with Crippen LogP contribution < -0.4 is 4.74 Å². The molecule has 3 rings (SSSR count). The standard InChI is InChI=1S/C19H23N3O3/c1-2-25-17-6-4-15(5-7-17)18(23)21-10-3-11-22(13-12-21)19(24)16-8-9-20-14-16/h4-9,14,20H,2-3,10-13H2,1H3. The first-order chi connectivity index (χ1) is 12.2. The molecule has 0 spiro atoms. The highest BCUT2D eigenvalue weighted by molar-refractivity contribution is 5.95. The van der Waals surface area contributed by atoms with E-state index in [-0.39, 0.29) is 11.8 Å². The Hall–Kier alpha value is -2.76. The molecule has 1 aliphatic rings. The predicted molar refractivity (Wildman–Crippen MR) is 94.8 cm³/mol. The van der Waals surface area contributed by atoms with Gasteiger partial charge in [-0.2, -0.15) is 0 Å². The summed E-state index contributed by atoms with van der Waals surface area (Å²) < 4.78 is 5.41. The SMILES string of the molecule is CCOc1ccc(C(=O)N2CCCN(C(=O)c3cc[nH]c3)CC2)cc1. The highest BCUT2D eigenvalue weighted by Crippen LogP contribution is 2.15. The van der Waals surface area contributed by atoms with E-state index in [1.165, 1.54) is 0 Å². The van der Waals surface area contributed by atoms with Crippen molar-refractivity contribution >= 4 is 11.8 Å².